The number of anilines is 1. The van der Waals surface area contributed by atoms with Crippen LogP contribution in [0.25, 0.3) is 0 Å². The predicted octanol–water partition coefficient (Wildman–Crippen LogP) is 2.92. The van der Waals surface area contributed by atoms with Gasteiger partial charge in [-0.15, -0.1) is 0 Å². The van der Waals surface area contributed by atoms with Crippen molar-refractivity contribution in [2.24, 2.45) is 5.92 Å². The van der Waals surface area contributed by atoms with Gasteiger partial charge in [-0.25, -0.2) is 4.98 Å². The summed E-state index contributed by atoms with van der Waals surface area (Å²) in [7, 11) is 0. The van der Waals surface area contributed by atoms with Gasteiger partial charge in [0.05, 0.1) is 5.56 Å². The topological polar surface area (TPSA) is 24.9 Å². The molecule has 0 aliphatic heterocycles. The zero-order valence-electron chi connectivity index (χ0n) is 8.17. The Balaban J connectivity index is 2.04. The summed E-state index contributed by atoms with van der Waals surface area (Å²) in [5.74, 6) is 1.10. The van der Waals surface area contributed by atoms with E-state index in [0.717, 1.165) is 18.7 Å². The number of nitrogens with one attached hydrogen (secondary N) is 1. The van der Waals surface area contributed by atoms with Crippen LogP contribution in [-0.2, 0) is 6.18 Å². The Labute approximate surface area is 85.5 Å². The van der Waals surface area contributed by atoms with E-state index in [1.807, 2.05) is 0 Å². The van der Waals surface area contributed by atoms with Crippen LogP contribution in [0.15, 0.2) is 18.3 Å². The van der Waals surface area contributed by atoms with Crippen LogP contribution in [0.2, 0.25) is 0 Å². The fraction of sp³-hybridized carbons (Fsp3) is 0.500. The lowest BCUT2D eigenvalue weighted by Crippen LogP contribution is -2.08. The molecule has 1 aromatic rings. The maximum absolute atomic E-state index is 12.2. The SMILES string of the molecule is CC1CC1Nc1ccc(C(F)(F)F)cn1. The fourth-order valence-corrected chi connectivity index (χ4v) is 1.36. The van der Waals surface area contributed by atoms with Crippen LogP contribution in [0.3, 0.4) is 0 Å². The van der Waals surface area contributed by atoms with Crippen molar-refractivity contribution < 1.29 is 13.2 Å². The summed E-state index contributed by atoms with van der Waals surface area (Å²) in [5, 5.41) is 3.07. The highest BCUT2D eigenvalue weighted by atomic mass is 19.4. The van der Waals surface area contributed by atoms with Crippen molar-refractivity contribution in [2.45, 2.75) is 25.6 Å². The van der Waals surface area contributed by atoms with Crippen molar-refractivity contribution in [3.63, 3.8) is 0 Å². The molecule has 0 aromatic carbocycles. The Morgan fingerprint density at radius 1 is 1.40 bits per heavy atom. The van der Waals surface area contributed by atoms with Crippen LogP contribution in [0, 0.1) is 5.92 Å². The van der Waals surface area contributed by atoms with Crippen molar-refractivity contribution in [1.82, 2.24) is 4.98 Å². The van der Waals surface area contributed by atoms with Crippen LogP contribution >= 0.6 is 0 Å². The molecule has 82 valence electrons. The van der Waals surface area contributed by atoms with E-state index in [1.54, 1.807) is 0 Å². The molecule has 15 heavy (non-hydrogen) atoms. The first-order chi connectivity index (χ1) is 6.97. The summed E-state index contributed by atoms with van der Waals surface area (Å²) in [5.41, 5.74) is -0.711. The minimum Gasteiger partial charge on any atom is -0.367 e. The van der Waals surface area contributed by atoms with E-state index >= 15 is 0 Å². The molecule has 2 nitrogen and oxygen atoms in total. The van der Waals surface area contributed by atoms with E-state index in [2.05, 4.69) is 17.2 Å². The van der Waals surface area contributed by atoms with Gasteiger partial charge in [-0.1, -0.05) is 6.92 Å². The maximum Gasteiger partial charge on any atom is 0.417 e. The second kappa shape index (κ2) is 3.40. The number of pyridine rings is 1. The zero-order valence-corrected chi connectivity index (χ0v) is 8.17. The van der Waals surface area contributed by atoms with Gasteiger partial charge in [0, 0.05) is 12.2 Å². The highest BCUT2D eigenvalue weighted by Crippen LogP contribution is 2.33. The summed E-state index contributed by atoms with van der Waals surface area (Å²) in [6.07, 6.45) is -2.39. The summed E-state index contributed by atoms with van der Waals surface area (Å²) in [6, 6.07) is 2.78. The summed E-state index contributed by atoms with van der Waals surface area (Å²) in [6.45, 7) is 2.09. The number of alkyl halides is 3. The van der Waals surface area contributed by atoms with Crippen molar-refractivity contribution in [3.8, 4) is 0 Å². The van der Waals surface area contributed by atoms with E-state index in [4.69, 9.17) is 0 Å². The molecule has 5 heteroatoms. The first-order valence-electron chi connectivity index (χ1n) is 4.76. The first-order valence-corrected chi connectivity index (χ1v) is 4.76. The lowest BCUT2D eigenvalue weighted by atomic mass is 10.3. The van der Waals surface area contributed by atoms with Gasteiger partial charge in [-0.05, 0) is 24.5 Å². The van der Waals surface area contributed by atoms with Gasteiger partial charge in [-0.2, -0.15) is 13.2 Å². The monoisotopic (exact) mass is 216 g/mol. The second-order valence-electron chi connectivity index (χ2n) is 3.89. The molecule has 1 aromatic heterocycles. The van der Waals surface area contributed by atoms with Crippen LogP contribution in [0.5, 0.6) is 0 Å². The van der Waals surface area contributed by atoms with E-state index in [9.17, 15) is 13.2 Å². The minimum absolute atomic E-state index is 0.370. The summed E-state index contributed by atoms with van der Waals surface area (Å²) < 4.78 is 36.6. The quantitative estimate of drug-likeness (QED) is 0.822. The predicted molar refractivity (Wildman–Crippen MR) is 50.4 cm³/mol. The van der Waals surface area contributed by atoms with E-state index in [1.165, 1.54) is 6.07 Å². The van der Waals surface area contributed by atoms with Gasteiger partial charge in [0.1, 0.15) is 5.82 Å². The Morgan fingerprint density at radius 3 is 2.47 bits per heavy atom. The molecule has 1 aliphatic rings. The third-order valence-electron chi connectivity index (χ3n) is 2.53. The largest absolute Gasteiger partial charge is 0.417 e. The molecule has 2 atom stereocenters. The molecule has 2 unspecified atom stereocenters. The van der Waals surface area contributed by atoms with Gasteiger partial charge < -0.3 is 5.32 Å². The maximum atomic E-state index is 12.2. The van der Waals surface area contributed by atoms with Gasteiger partial charge >= 0.3 is 6.18 Å². The Morgan fingerprint density at radius 2 is 2.07 bits per heavy atom. The first kappa shape index (κ1) is 10.3. The van der Waals surface area contributed by atoms with Crippen LogP contribution < -0.4 is 5.32 Å². The summed E-state index contributed by atoms with van der Waals surface area (Å²) >= 11 is 0. The van der Waals surface area contributed by atoms with Gasteiger partial charge in [0.15, 0.2) is 0 Å². The van der Waals surface area contributed by atoms with Gasteiger partial charge in [-0.3, -0.25) is 0 Å². The fourth-order valence-electron chi connectivity index (χ4n) is 1.36. The third kappa shape index (κ3) is 2.40. The molecule has 0 spiro atoms. The minimum atomic E-state index is -4.31. The lowest BCUT2D eigenvalue weighted by Gasteiger charge is -2.07. The van der Waals surface area contributed by atoms with E-state index in [0.29, 0.717) is 17.8 Å². The molecular formula is C10H11F3N2. The molecule has 1 N–H and O–H groups in total. The van der Waals surface area contributed by atoms with Crippen LogP contribution in [0.1, 0.15) is 18.9 Å². The van der Waals surface area contributed by atoms with Crippen LogP contribution in [0.4, 0.5) is 19.0 Å². The second-order valence-corrected chi connectivity index (χ2v) is 3.89. The Hall–Kier alpha value is -1.26. The molecule has 1 fully saturated rings. The number of hydrogen-bond acceptors (Lipinski definition) is 2. The molecule has 0 amide bonds. The molecule has 2 rings (SSSR count). The van der Waals surface area contributed by atoms with Crippen molar-refractivity contribution in [1.29, 1.82) is 0 Å². The lowest BCUT2D eigenvalue weighted by molar-refractivity contribution is -0.137. The highest BCUT2D eigenvalue weighted by molar-refractivity contribution is 5.38. The smallest absolute Gasteiger partial charge is 0.367 e. The van der Waals surface area contributed by atoms with Crippen molar-refractivity contribution >= 4 is 5.82 Å². The molecule has 1 saturated carbocycles. The van der Waals surface area contributed by atoms with Gasteiger partial charge in [0.25, 0.3) is 0 Å². The van der Waals surface area contributed by atoms with Crippen LogP contribution in [-0.4, -0.2) is 11.0 Å². The van der Waals surface area contributed by atoms with Gasteiger partial charge in [0.2, 0.25) is 0 Å². The highest BCUT2D eigenvalue weighted by Gasteiger charge is 2.33. The molecule has 0 saturated heterocycles. The number of hydrogen-bond donors (Lipinski definition) is 1. The van der Waals surface area contributed by atoms with Crippen molar-refractivity contribution in [2.75, 3.05) is 5.32 Å². The van der Waals surface area contributed by atoms with Crippen molar-refractivity contribution in [3.05, 3.63) is 23.9 Å². The summed E-state index contributed by atoms with van der Waals surface area (Å²) in [4.78, 5) is 3.73. The molecule has 0 radical (unpaired) electrons. The molecular weight excluding hydrogens is 205 g/mol. The molecule has 1 aliphatic carbocycles. The standard InChI is InChI=1S/C10H11F3N2/c1-6-4-8(6)15-9-3-2-7(5-14-9)10(11,12)13/h2-3,5-6,8H,4H2,1H3,(H,14,15). The zero-order chi connectivity index (χ0) is 11.1. The number of nitrogens with zero attached hydrogens (tertiary/aromatic N) is 1. The Kier molecular flexibility index (Phi) is 2.32. The average Bonchev–Trinajstić information content (AvgIpc) is 2.81. The number of aromatic nitrogens is 1. The normalized spacial score (nSPS) is 25.1. The number of halogens is 3. The Bertz CT molecular complexity index is 345. The molecule has 1 heterocycles. The average molecular weight is 216 g/mol. The molecule has 0 bridgehead atoms. The van der Waals surface area contributed by atoms with E-state index in [-0.39, 0.29) is 0 Å². The number of rotatable bonds is 2. The third-order valence-corrected chi connectivity index (χ3v) is 2.53. The van der Waals surface area contributed by atoms with E-state index < -0.39 is 11.7 Å².